The second-order valence-corrected chi connectivity index (χ2v) is 6.93. The molecule has 0 spiro atoms. The van der Waals surface area contributed by atoms with Gasteiger partial charge in [0.1, 0.15) is 11.2 Å². The van der Waals surface area contributed by atoms with Crippen LogP contribution in [0.15, 0.2) is 36.8 Å². The molecule has 5 rings (SSSR count). The second-order valence-electron chi connectivity index (χ2n) is 6.52. The molecule has 0 aliphatic carbocycles. The molecule has 136 valence electrons. The van der Waals surface area contributed by atoms with Crippen LogP contribution in [0.5, 0.6) is 0 Å². The molecule has 6 nitrogen and oxygen atoms in total. The minimum Gasteiger partial charge on any atom is -0.352 e. The maximum absolute atomic E-state index is 15.4. The predicted molar refractivity (Wildman–Crippen MR) is 105 cm³/mol. The molecular weight excluding hydrogens is 367 g/mol. The molecule has 0 bridgehead atoms. The van der Waals surface area contributed by atoms with Gasteiger partial charge in [0.2, 0.25) is 0 Å². The number of pyridine rings is 2. The van der Waals surface area contributed by atoms with Gasteiger partial charge < -0.3 is 10.2 Å². The maximum atomic E-state index is 15.4. The van der Waals surface area contributed by atoms with E-state index >= 15 is 4.39 Å². The van der Waals surface area contributed by atoms with Crippen LogP contribution in [0.3, 0.4) is 0 Å². The van der Waals surface area contributed by atoms with Crippen LogP contribution < -0.4 is 10.2 Å². The number of nitrogens with zero attached hydrogens (tertiary/aromatic N) is 4. The number of hydrogen-bond donors (Lipinski definition) is 2. The Bertz CT molecular complexity index is 1150. The van der Waals surface area contributed by atoms with E-state index < -0.39 is 5.82 Å². The third-order valence-electron chi connectivity index (χ3n) is 4.94. The lowest BCUT2D eigenvalue weighted by Crippen LogP contribution is -2.43. The van der Waals surface area contributed by atoms with E-state index in [0.717, 1.165) is 42.8 Å². The molecule has 4 aromatic rings. The lowest BCUT2D eigenvalue weighted by atomic mass is 10.0. The normalized spacial score (nSPS) is 15.0. The molecule has 0 atom stereocenters. The van der Waals surface area contributed by atoms with Crippen LogP contribution >= 0.6 is 11.6 Å². The van der Waals surface area contributed by atoms with Crippen molar-refractivity contribution in [3.05, 3.63) is 47.6 Å². The number of fused-ring (bicyclic) bond motifs is 2. The summed E-state index contributed by atoms with van der Waals surface area (Å²) in [7, 11) is 0. The summed E-state index contributed by atoms with van der Waals surface area (Å²) in [6.07, 6.45) is 4.98. The molecule has 1 saturated heterocycles. The smallest absolute Gasteiger partial charge is 0.175 e. The average Bonchev–Trinajstić information content (AvgIpc) is 3.14. The molecule has 8 heteroatoms. The van der Waals surface area contributed by atoms with E-state index in [1.807, 2.05) is 12.1 Å². The van der Waals surface area contributed by atoms with Gasteiger partial charge in [-0.15, -0.1) is 0 Å². The Balaban J connectivity index is 1.69. The first-order valence-electron chi connectivity index (χ1n) is 8.75. The molecule has 3 aromatic heterocycles. The monoisotopic (exact) mass is 382 g/mol. The molecule has 1 aromatic carbocycles. The number of halogens is 2. The zero-order valence-corrected chi connectivity index (χ0v) is 15.1. The van der Waals surface area contributed by atoms with Crippen molar-refractivity contribution in [1.82, 2.24) is 25.5 Å². The van der Waals surface area contributed by atoms with E-state index in [9.17, 15) is 0 Å². The van der Waals surface area contributed by atoms with Gasteiger partial charge in [-0.25, -0.2) is 4.39 Å². The lowest BCUT2D eigenvalue weighted by Gasteiger charge is -2.27. The van der Waals surface area contributed by atoms with Crippen LogP contribution in [0, 0.1) is 5.82 Å². The van der Waals surface area contributed by atoms with Crippen molar-refractivity contribution in [1.29, 1.82) is 0 Å². The maximum Gasteiger partial charge on any atom is 0.175 e. The van der Waals surface area contributed by atoms with Gasteiger partial charge in [-0.05, 0) is 6.07 Å². The minimum absolute atomic E-state index is 0.212. The quantitative estimate of drug-likeness (QED) is 0.556. The molecule has 0 amide bonds. The Morgan fingerprint density at radius 1 is 1.11 bits per heavy atom. The summed E-state index contributed by atoms with van der Waals surface area (Å²) < 4.78 is 15.4. The fourth-order valence-corrected chi connectivity index (χ4v) is 3.89. The Morgan fingerprint density at radius 2 is 1.96 bits per heavy atom. The summed E-state index contributed by atoms with van der Waals surface area (Å²) in [5.74, 6) is 0.286. The van der Waals surface area contributed by atoms with Crippen molar-refractivity contribution in [2.45, 2.75) is 0 Å². The molecule has 2 N–H and O–H groups in total. The Kier molecular flexibility index (Phi) is 3.91. The van der Waals surface area contributed by atoms with Crippen LogP contribution in [0.4, 0.5) is 10.2 Å². The fraction of sp³-hybridized carbons (Fsp3) is 0.211. The zero-order valence-electron chi connectivity index (χ0n) is 14.3. The van der Waals surface area contributed by atoms with E-state index in [4.69, 9.17) is 11.6 Å². The van der Waals surface area contributed by atoms with Crippen molar-refractivity contribution in [2.24, 2.45) is 0 Å². The summed E-state index contributed by atoms with van der Waals surface area (Å²) in [5.41, 5.74) is 1.12. The van der Waals surface area contributed by atoms with Crippen molar-refractivity contribution >= 4 is 39.1 Å². The van der Waals surface area contributed by atoms with Crippen LogP contribution in [-0.4, -0.2) is 46.3 Å². The van der Waals surface area contributed by atoms with Gasteiger partial charge in [0, 0.05) is 66.1 Å². The van der Waals surface area contributed by atoms with E-state index in [1.165, 1.54) is 0 Å². The van der Waals surface area contributed by atoms with E-state index in [2.05, 4.69) is 30.4 Å². The van der Waals surface area contributed by atoms with Crippen LogP contribution in [0.1, 0.15) is 0 Å². The molecule has 1 aliphatic rings. The number of nitrogens with one attached hydrogen (secondary N) is 2. The van der Waals surface area contributed by atoms with Crippen molar-refractivity contribution in [3.8, 4) is 11.3 Å². The number of rotatable bonds is 2. The van der Waals surface area contributed by atoms with E-state index in [1.54, 1.807) is 24.7 Å². The molecule has 1 aliphatic heterocycles. The topological polar surface area (TPSA) is 69.7 Å². The first-order valence-corrected chi connectivity index (χ1v) is 9.12. The van der Waals surface area contributed by atoms with E-state index in [-0.39, 0.29) is 5.69 Å². The molecule has 1 fully saturated rings. The van der Waals surface area contributed by atoms with Gasteiger partial charge in [-0.3, -0.25) is 15.1 Å². The largest absolute Gasteiger partial charge is 0.352 e. The number of benzene rings is 1. The van der Waals surface area contributed by atoms with Gasteiger partial charge in [0.05, 0.1) is 5.39 Å². The highest BCUT2D eigenvalue weighted by atomic mass is 35.5. The summed E-state index contributed by atoms with van der Waals surface area (Å²) in [6, 6.07) is 5.52. The van der Waals surface area contributed by atoms with Gasteiger partial charge in [0.25, 0.3) is 0 Å². The number of hydrogen-bond acceptors (Lipinski definition) is 5. The van der Waals surface area contributed by atoms with Gasteiger partial charge >= 0.3 is 0 Å². The number of anilines is 1. The van der Waals surface area contributed by atoms with Crippen LogP contribution in [0.25, 0.3) is 32.9 Å². The summed E-state index contributed by atoms with van der Waals surface area (Å²) in [5, 5.41) is 13.3. The summed E-state index contributed by atoms with van der Waals surface area (Å²) in [6.45, 7) is 3.41. The molecule has 0 unspecified atom stereocenters. The minimum atomic E-state index is -0.449. The van der Waals surface area contributed by atoms with E-state index in [0.29, 0.717) is 21.5 Å². The summed E-state index contributed by atoms with van der Waals surface area (Å²) in [4.78, 5) is 10.8. The number of piperazine rings is 1. The third-order valence-corrected chi connectivity index (χ3v) is 5.25. The Labute approximate surface area is 159 Å². The SMILES string of the molecule is Fc1c(-c2cncc3cccc(Cl)c23)ncc2c(N3CCNCC3)n[nH]c12. The standard InChI is InChI=1S/C19H16ClFN6/c20-14-3-1-2-11-8-23-9-12(15(11)14)17-16(21)18-13(10-24-17)19(26-25-18)27-6-4-22-5-7-27/h1-3,8-10,22H,4-7H2,(H,25,26). The first kappa shape index (κ1) is 16.4. The molecule has 27 heavy (non-hydrogen) atoms. The highest BCUT2D eigenvalue weighted by Crippen LogP contribution is 2.36. The zero-order chi connectivity index (χ0) is 18.4. The number of aromatic amines is 1. The van der Waals surface area contributed by atoms with Crippen molar-refractivity contribution in [3.63, 3.8) is 0 Å². The second kappa shape index (κ2) is 6.44. The predicted octanol–water partition coefficient (Wildman–Crippen LogP) is 3.38. The average molecular weight is 383 g/mol. The lowest BCUT2D eigenvalue weighted by molar-refractivity contribution is 0.585. The molecule has 0 saturated carbocycles. The van der Waals surface area contributed by atoms with Gasteiger partial charge in [-0.1, -0.05) is 23.7 Å². The fourth-order valence-electron chi connectivity index (χ4n) is 3.61. The summed E-state index contributed by atoms with van der Waals surface area (Å²) >= 11 is 6.38. The Morgan fingerprint density at radius 3 is 2.81 bits per heavy atom. The van der Waals surface area contributed by atoms with Crippen molar-refractivity contribution in [2.75, 3.05) is 31.1 Å². The van der Waals surface area contributed by atoms with Crippen molar-refractivity contribution < 1.29 is 4.39 Å². The highest BCUT2D eigenvalue weighted by Gasteiger charge is 2.22. The molecular formula is C19H16ClFN6. The van der Waals surface area contributed by atoms with Crippen LogP contribution in [-0.2, 0) is 0 Å². The van der Waals surface area contributed by atoms with Gasteiger partial charge in [-0.2, -0.15) is 5.10 Å². The van der Waals surface area contributed by atoms with Crippen LogP contribution in [0.2, 0.25) is 5.02 Å². The molecule has 0 radical (unpaired) electrons. The van der Waals surface area contributed by atoms with Gasteiger partial charge in [0.15, 0.2) is 11.6 Å². The third kappa shape index (κ3) is 2.62. The molecule has 4 heterocycles. The number of H-pyrrole nitrogens is 1. The Hall–Kier alpha value is -2.77. The number of aromatic nitrogens is 4. The first-order chi connectivity index (χ1) is 13.2. The highest BCUT2D eigenvalue weighted by molar-refractivity contribution is 6.36.